The van der Waals surface area contributed by atoms with Crippen LogP contribution in [0.3, 0.4) is 0 Å². The van der Waals surface area contributed by atoms with Gasteiger partial charge in [-0.2, -0.15) is 0 Å². The fraction of sp³-hybridized carbons (Fsp3) is 0.643. The number of hydrogen-bond acceptors (Lipinski definition) is 1. The summed E-state index contributed by atoms with van der Waals surface area (Å²) in [6.45, 7) is 15.4. The molecule has 1 heteroatoms. The highest BCUT2D eigenvalue weighted by atomic mass is 14.7. The van der Waals surface area contributed by atoms with Crippen molar-refractivity contribution in [3.05, 3.63) is 28.1 Å². The van der Waals surface area contributed by atoms with E-state index in [1.165, 1.54) is 28.1 Å². The number of pyridine rings is 1. The van der Waals surface area contributed by atoms with Crippen molar-refractivity contribution in [2.75, 3.05) is 0 Å². The first-order valence-corrected chi connectivity index (χ1v) is 5.65. The molecule has 1 heterocycles. The summed E-state index contributed by atoms with van der Waals surface area (Å²) in [5.74, 6) is 0. The van der Waals surface area contributed by atoms with E-state index in [0.29, 0.717) is 5.41 Å². The topological polar surface area (TPSA) is 12.9 Å². The molecule has 0 aliphatic rings. The highest BCUT2D eigenvalue weighted by Gasteiger charge is 2.17. The van der Waals surface area contributed by atoms with Crippen LogP contribution >= 0.6 is 0 Å². The van der Waals surface area contributed by atoms with Crippen molar-refractivity contribution in [1.29, 1.82) is 0 Å². The first-order valence-electron chi connectivity index (χ1n) is 5.65. The lowest BCUT2D eigenvalue weighted by molar-refractivity contribution is 0.408. The normalized spacial score (nSPS) is 11.9. The van der Waals surface area contributed by atoms with Crippen LogP contribution in [0.4, 0.5) is 0 Å². The van der Waals surface area contributed by atoms with Crippen LogP contribution in [0.5, 0.6) is 0 Å². The first-order chi connectivity index (χ1) is 6.72. The summed E-state index contributed by atoms with van der Waals surface area (Å²) in [4.78, 5) is 4.62. The second-order valence-electron chi connectivity index (χ2n) is 5.75. The van der Waals surface area contributed by atoms with Crippen LogP contribution in [0, 0.1) is 33.1 Å². The SMILES string of the molecule is Cc1nc(C)c(CC(C)(C)C)c(C)c1C. The first kappa shape index (κ1) is 12.2. The molecular formula is C14H23N. The van der Waals surface area contributed by atoms with Gasteiger partial charge in [-0.1, -0.05) is 20.8 Å². The molecule has 0 aromatic carbocycles. The average molecular weight is 205 g/mol. The molecule has 1 rings (SSSR count). The van der Waals surface area contributed by atoms with Gasteiger partial charge in [0.05, 0.1) is 0 Å². The lowest BCUT2D eigenvalue weighted by Crippen LogP contribution is -2.13. The monoisotopic (exact) mass is 205 g/mol. The minimum atomic E-state index is 0.332. The third-order valence-electron chi connectivity index (χ3n) is 3.04. The zero-order chi connectivity index (χ0) is 11.8. The number of nitrogens with zero attached hydrogens (tertiary/aromatic N) is 1. The fourth-order valence-electron chi connectivity index (χ4n) is 1.96. The zero-order valence-electron chi connectivity index (χ0n) is 11.2. The highest BCUT2D eigenvalue weighted by Crippen LogP contribution is 2.26. The molecule has 0 fully saturated rings. The van der Waals surface area contributed by atoms with Crippen molar-refractivity contribution in [2.24, 2.45) is 5.41 Å². The molecule has 0 unspecified atom stereocenters. The molecule has 0 aliphatic heterocycles. The van der Waals surface area contributed by atoms with Crippen LogP contribution in [-0.4, -0.2) is 4.98 Å². The summed E-state index contributed by atoms with van der Waals surface area (Å²) < 4.78 is 0. The summed E-state index contributed by atoms with van der Waals surface area (Å²) >= 11 is 0. The summed E-state index contributed by atoms with van der Waals surface area (Å²) in [6.07, 6.45) is 1.11. The molecule has 0 atom stereocenters. The third kappa shape index (κ3) is 2.80. The Bertz CT molecular complexity index is 370. The molecule has 0 saturated heterocycles. The zero-order valence-corrected chi connectivity index (χ0v) is 11.2. The Kier molecular flexibility index (Phi) is 3.22. The second kappa shape index (κ2) is 3.96. The van der Waals surface area contributed by atoms with Gasteiger partial charge in [0, 0.05) is 11.4 Å². The van der Waals surface area contributed by atoms with E-state index in [2.05, 4.69) is 53.5 Å². The molecule has 15 heavy (non-hydrogen) atoms. The Balaban J connectivity index is 3.24. The molecule has 0 aliphatic carbocycles. The van der Waals surface area contributed by atoms with Gasteiger partial charge >= 0.3 is 0 Å². The van der Waals surface area contributed by atoms with Gasteiger partial charge in [0.25, 0.3) is 0 Å². The van der Waals surface area contributed by atoms with Crippen molar-refractivity contribution in [1.82, 2.24) is 4.98 Å². The Morgan fingerprint density at radius 2 is 1.40 bits per heavy atom. The molecule has 84 valence electrons. The molecule has 0 N–H and O–H groups in total. The summed E-state index contributed by atoms with van der Waals surface area (Å²) in [6, 6.07) is 0. The maximum absolute atomic E-state index is 4.62. The number of rotatable bonds is 1. The van der Waals surface area contributed by atoms with Crippen LogP contribution in [0.25, 0.3) is 0 Å². The minimum Gasteiger partial charge on any atom is -0.258 e. The maximum Gasteiger partial charge on any atom is 0.0410 e. The molecule has 0 spiro atoms. The van der Waals surface area contributed by atoms with E-state index in [4.69, 9.17) is 0 Å². The van der Waals surface area contributed by atoms with Gasteiger partial charge in [0.15, 0.2) is 0 Å². The van der Waals surface area contributed by atoms with Gasteiger partial charge < -0.3 is 0 Å². The Morgan fingerprint density at radius 3 is 1.87 bits per heavy atom. The summed E-state index contributed by atoms with van der Waals surface area (Å²) in [5, 5.41) is 0. The maximum atomic E-state index is 4.62. The smallest absolute Gasteiger partial charge is 0.0410 e. The number of aromatic nitrogens is 1. The summed E-state index contributed by atoms with van der Waals surface area (Å²) in [7, 11) is 0. The van der Waals surface area contributed by atoms with Gasteiger partial charge in [-0.15, -0.1) is 0 Å². The fourth-order valence-corrected chi connectivity index (χ4v) is 1.96. The van der Waals surface area contributed by atoms with E-state index in [0.717, 1.165) is 6.42 Å². The van der Waals surface area contributed by atoms with Gasteiger partial charge in [0.1, 0.15) is 0 Å². The quantitative estimate of drug-likeness (QED) is 0.677. The Labute approximate surface area is 93.9 Å². The summed E-state index contributed by atoms with van der Waals surface area (Å²) in [5.41, 5.74) is 6.91. The van der Waals surface area contributed by atoms with Gasteiger partial charge in [-0.3, -0.25) is 4.98 Å². The molecule has 1 aromatic heterocycles. The van der Waals surface area contributed by atoms with Crippen LogP contribution in [0.2, 0.25) is 0 Å². The lowest BCUT2D eigenvalue weighted by atomic mass is 9.85. The highest BCUT2D eigenvalue weighted by molar-refractivity contribution is 5.38. The molecular weight excluding hydrogens is 182 g/mol. The molecule has 0 saturated carbocycles. The Morgan fingerprint density at radius 1 is 0.867 bits per heavy atom. The second-order valence-corrected chi connectivity index (χ2v) is 5.75. The van der Waals surface area contributed by atoms with Crippen molar-refractivity contribution in [3.8, 4) is 0 Å². The van der Waals surface area contributed by atoms with E-state index >= 15 is 0 Å². The van der Waals surface area contributed by atoms with E-state index < -0.39 is 0 Å². The van der Waals surface area contributed by atoms with Gasteiger partial charge in [-0.25, -0.2) is 0 Å². The Hall–Kier alpha value is -0.850. The van der Waals surface area contributed by atoms with Gasteiger partial charge in [-0.05, 0) is 56.2 Å². The van der Waals surface area contributed by atoms with E-state index in [1.807, 2.05) is 0 Å². The van der Waals surface area contributed by atoms with E-state index in [-0.39, 0.29) is 0 Å². The van der Waals surface area contributed by atoms with Crippen molar-refractivity contribution in [3.63, 3.8) is 0 Å². The number of aryl methyl sites for hydroxylation is 2. The third-order valence-corrected chi connectivity index (χ3v) is 3.04. The average Bonchev–Trinajstić information content (AvgIpc) is 2.07. The van der Waals surface area contributed by atoms with Crippen molar-refractivity contribution in [2.45, 2.75) is 54.9 Å². The van der Waals surface area contributed by atoms with Crippen LogP contribution in [-0.2, 0) is 6.42 Å². The van der Waals surface area contributed by atoms with Crippen LogP contribution in [0.1, 0.15) is 48.8 Å². The molecule has 0 radical (unpaired) electrons. The lowest BCUT2D eigenvalue weighted by Gasteiger charge is -2.22. The van der Waals surface area contributed by atoms with E-state index in [9.17, 15) is 0 Å². The van der Waals surface area contributed by atoms with Gasteiger partial charge in [0.2, 0.25) is 0 Å². The largest absolute Gasteiger partial charge is 0.258 e. The molecule has 1 nitrogen and oxygen atoms in total. The standard InChI is InChI=1S/C14H23N/c1-9-10(2)13(8-14(5,6)7)12(4)15-11(9)3/h8H2,1-7H3. The van der Waals surface area contributed by atoms with Crippen molar-refractivity contribution < 1.29 is 0 Å². The predicted molar refractivity (Wildman–Crippen MR) is 66.3 cm³/mol. The van der Waals surface area contributed by atoms with Crippen LogP contribution in [0.15, 0.2) is 0 Å². The molecule has 1 aromatic rings. The predicted octanol–water partition coefficient (Wildman–Crippen LogP) is 3.90. The number of hydrogen-bond donors (Lipinski definition) is 0. The van der Waals surface area contributed by atoms with Crippen molar-refractivity contribution >= 4 is 0 Å². The molecule has 0 bridgehead atoms. The molecule has 0 amide bonds. The van der Waals surface area contributed by atoms with Crippen LogP contribution < -0.4 is 0 Å². The minimum absolute atomic E-state index is 0.332. The van der Waals surface area contributed by atoms with E-state index in [1.54, 1.807) is 0 Å².